The highest BCUT2D eigenvalue weighted by Gasteiger charge is 2.34. The van der Waals surface area contributed by atoms with Crippen LogP contribution in [0.25, 0.3) is 6.08 Å². The molecule has 1 aromatic carbocycles. The van der Waals surface area contributed by atoms with Crippen molar-refractivity contribution in [3.05, 3.63) is 34.7 Å². The average molecular weight is 340 g/mol. The Balaban J connectivity index is 2.06. The van der Waals surface area contributed by atoms with Crippen LogP contribution in [-0.2, 0) is 9.59 Å². The number of rotatable bonds is 6. The van der Waals surface area contributed by atoms with Crippen molar-refractivity contribution >= 4 is 45.8 Å². The molecule has 0 unspecified atom stereocenters. The minimum Gasteiger partial charge on any atom is -0.497 e. The van der Waals surface area contributed by atoms with Crippen LogP contribution in [0.2, 0.25) is 0 Å². The van der Waals surface area contributed by atoms with Crippen LogP contribution in [-0.4, -0.2) is 34.9 Å². The maximum Gasteiger partial charge on any atom is 0.293 e. The van der Waals surface area contributed by atoms with E-state index < -0.39 is 5.24 Å². The highest BCUT2D eigenvalue weighted by atomic mass is 35.5. The summed E-state index contributed by atoms with van der Waals surface area (Å²) in [4.78, 5) is 36.2. The van der Waals surface area contributed by atoms with E-state index in [0.717, 1.165) is 28.0 Å². The number of amides is 2. The molecule has 0 N–H and O–H groups in total. The van der Waals surface area contributed by atoms with Crippen LogP contribution >= 0.6 is 23.4 Å². The van der Waals surface area contributed by atoms with Gasteiger partial charge in [0.2, 0.25) is 5.24 Å². The highest BCUT2D eigenvalue weighted by molar-refractivity contribution is 8.18. The summed E-state index contributed by atoms with van der Waals surface area (Å²) in [5.74, 6) is 0.379. The lowest BCUT2D eigenvalue weighted by molar-refractivity contribution is -0.123. The number of methoxy groups -OCH3 is 1. The van der Waals surface area contributed by atoms with E-state index in [-0.39, 0.29) is 24.1 Å². The molecule has 1 saturated heterocycles. The van der Waals surface area contributed by atoms with E-state index in [1.54, 1.807) is 37.5 Å². The first-order chi connectivity index (χ1) is 10.5. The molecule has 0 bridgehead atoms. The molecule has 2 rings (SSSR count). The van der Waals surface area contributed by atoms with Gasteiger partial charge < -0.3 is 4.74 Å². The summed E-state index contributed by atoms with van der Waals surface area (Å²) >= 11 is 6.14. The van der Waals surface area contributed by atoms with E-state index in [4.69, 9.17) is 16.3 Å². The third-order valence-corrected chi connectivity index (χ3v) is 4.14. The van der Waals surface area contributed by atoms with E-state index in [1.165, 1.54) is 0 Å². The van der Waals surface area contributed by atoms with Crippen LogP contribution in [0.3, 0.4) is 0 Å². The fourth-order valence-electron chi connectivity index (χ4n) is 1.92. The van der Waals surface area contributed by atoms with Gasteiger partial charge in [-0.25, -0.2) is 0 Å². The van der Waals surface area contributed by atoms with Crippen molar-refractivity contribution in [3.8, 4) is 5.75 Å². The fraction of sp³-hybridized carbons (Fsp3) is 0.267. The molecule has 1 aliphatic heterocycles. The predicted molar refractivity (Wildman–Crippen MR) is 85.8 cm³/mol. The predicted octanol–water partition coefficient (Wildman–Crippen LogP) is 3.28. The molecule has 1 aliphatic rings. The first-order valence-corrected chi connectivity index (χ1v) is 7.78. The molecule has 116 valence electrons. The van der Waals surface area contributed by atoms with Gasteiger partial charge in [-0.1, -0.05) is 12.1 Å². The number of carbonyl (C=O) groups is 3. The monoisotopic (exact) mass is 339 g/mol. The third kappa shape index (κ3) is 4.11. The number of carbonyl (C=O) groups excluding carboxylic acids is 3. The van der Waals surface area contributed by atoms with Gasteiger partial charge in [-0.3, -0.25) is 19.3 Å². The van der Waals surface area contributed by atoms with Gasteiger partial charge in [0, 0.05) is 13.0 Å². The normalized spacial score (nSPS) is 16.5. The topological polar surface area (TPSA) is 63.7 Å². The first kappa shape index (κ1) is 16.6. The second kappa shape index (κ2) is 7.47. The van der Waals surface area contributed by atoms with E-state index in [2.05, 4.69) is 0 Å². The Morgan fingerprint density at radius 2 is 2.00 bits per heavy atom. The van der Waals surface area contributed by atoms with Crippen molar-refractivity contribution in [2.45, 2.75) is 12.8 Å². The Bertz CT molecular complexity index is 627. The van der Waals surface area contributed by atoms with Crippen molar-refractivity contribution in [1.29, 1.82) is 0 Å². The minimum absolute atomic E-state index is 0.140. The summed E-state index contributed by atoms with van der Waals surface area (Å²) < 4.78 is 5.06. The lowest BCUT2D eigenvalue weighted by atomic mass is 10.2. The molecular weight excluding hydrogens is 326 g/mol. The van der Waals surface area contributed by atoms with Gasteiger partial charge >= 0.3 is 0 Å². The molecule has 0 atom stereocenters. The Hall–Kier alpha value is -1.79. The summed E-state index contributed by atoms with van der Waals surface area (Å²) in [6.45, 7) is 0.197. The van der Waals surface area contributed by atoms with Gasteiger partial charge in [0.05, 0.1) is 12.0 Å². The van der Waals surface area contributed by atoms with Crippen molar-refractivity contribution in [2.75, 3.05) is 13.7 Å². The Morgan fingerprint density at radius 3 is 2.59 bits per heavy atom. The van der Waals surface area contributed by atoms with Gasteiger partial charge in [0.1, 0.15) is 5.75 Å². The number of nitrogens with zero attached hydrogens (tertiary/aromatic N) is 1. The second-order valence-electron chi connectivity index (χ2n) is 4.57. The largest absolute Gasteiger partial charge is 0.497 e. The maximum absolute atomic E-state index is 12.2. The van der Waals surface area contributed by atoms with Crippen molar-refractivity contribution in [3.63, 3.8) is 0 Å². The molecule has 5 nitrogen and oxygen atoms in total. The lowest BCUT2D eigenvalue weighted by Gasteiger charge is -2.10. The van der Waals surface area contributed by atoms with Gasteiger partial charge in [0.25, 0.3) is 11.1 Å². The van der Waals surface area contributed by atoms with Crippen LogP contribution in [0.15, 0.2) is 29.2 Å². The molecule has 1 aromatic rings. The average Bonchev–Trinajstić information content (AvgIpc) is 2.75. The van der Waals surface area contributed by atoms with Crippen molar-refractivity contribution < 1.29 is 19.1 Å². The Kier molecular flexibility index (Phi) is 5.63. The number of hydrogen-bond donors (Lipinski definition) is 0. The van der Waals surface area contributed by atoms with E-state index >= 15 is 0 Å². The Morgan fingerprint density at radius 1 is 1.32 bits per heavy atom. The number of benzene rings is 1. The quantitative estimate of drug-likeness (QED) is 0.588. The summed E-state index contributed by atoms with van der Waals surface area (Å²) in [7, 11) is 1.58. The summed E-state index contributed by atoms with van der Waals surface area (Å²) in [6, 6.07) is 7.17. The zero-order valence-corrected chi connectivity index (χ0v) is 13.4. The van der Waals surface area contributed by atoms with Crippen LogP contribution in [0, 0.1) is 0 Å². The number of thioether (sulfide) groups is 1. The smallest absolute Gasteiger partial charge is 0.293 e. The molecule has 0 aliphatic carbocycles. The minimum atomic E-state index is -0.472. The van der Waals surface area contributed by atoms with Crippen LogP contribution in [0.4, 0.5) is 4.79 Å². The molecule has 2 amide bonds. The van der Waals surface area contributed by atoms with E-state index in [1.807, 2.05) is 0 Å². The van der Waals surface area contributed by atoms with Crippen molar-refractivity contribution in [2.24, 2.45) is 0 Å². The zero-order chi connectivity index (χ0) is 16.1. The zero-order valence-electron chi connectivity index (χ0n) is 11.9. The number of imide groups is 1. The summed E-state index contributed by atoms with van der Waals surface area (Å²) in [5.41, 5.74) is 0.808. The molecular formula is C15H14ClNO4S. The highest BCUT2D eigenvalue weighted by Crippen LogP contribution is 2.32. The van der Waals surface area contributed by atoms with Crippen LogP contribution in [0.1, 0.15) is 18.4 Å². The summed E-state index contributed by atoms with van der Waals surface area (Å²) in [5, 5.41) is -0.799. The standard InChI is InChI=1S/C15H14ClNO4S/c1-21-11-6-4-10(5-7-11)9-12-14(19)17(15(20)22-12)8-2-3-13(16)18/h4-7,9H,2-3,8H2,1H3/b12-9-. The van der Waals surface area contributed by atoms with Gasteiger partial charge in [-0.05, 0) is 53.6 Å². The van der Waals surface area contributed by atoms with Gasteiger partial charge in [-0.2, -0.15) is 0 Å². The first-order valence-electron chi connectivity index (χ1n) is 6.59. The molecule has 22 heavy (non-hydrogen) atoms. The SMILES string of the molecule is COc1ccc(/C=C2\SC(=O)N(CCCC(=O)Cl)C2=O)cc1. The number of hydrogen-bond acceptors (Lipinski definition) is 5. The molecule has 7 heteroatoms. The lowest BCUT2D eigenvalue weighted by Crippen LogP contribution is -2.29. The number of ether oxygens (including phenoxy) is 1. The molecule has 0 spiro atoms. The van der Waals surface area contributed by atoms with Gasteiger partial charge in [-0.15, -0.1) is 0 Å². The summed E-state index contributed by atoms with van der Waals surface area (Å²) in [6.07, 6.45) is 2.17. The van der Waals surface area contributed by atoms with Crippen LogP contribution in [0.5, 0.6) is 5.75 Å². The molecule has 0 saturated carbocycles. The molecule has 0 radical (unpaired) electrons. The van der Waals surface area contributed by atoms with E-state index in [9.17, 15) is 14.4 Å². The second-order valence-corrected chi connectivity index (χ2v) is 5.98. The molecule has 1 heterocycles. The Labute approximate surface area is 137 Å². The van der Waals surface area contributed by atoms with Crippen molar-refractivity contribution in [1.82, 2.24) is 4.90 Å². The number of halogens is 1. The van der Waals surface area contributed by atoms with E-state index in [0.29, 0.717) is 11.3 Å². The molecule has 1 fully saturated rings. The maximum atomic E-state index is 12.2. The van der Waals surface area contributed by atoms with Gasteiger partial charge in [0.15, 0.2) is 0 Å². The molecule has 0 aromatic heterocycles. The third-order valence-electron chi connectivity index (χ3n) is 3.04. The van der Waals surface area contributed by atoms with Crippen LogP contribution < -0.4 is 4.74 Å². The fourth-order valence-corrected chi connectivity index (χ4v) is 2.92.